The van der Waals surface area contributed by atoms with E-state index in [4.69, 9.17) is 0 Å². The summed E-state index contributed by atoms with van der Waals surface area (Å²) in [7, 11) is -3.12. The van der Waals surface area contributed by atoms with Gasteiger partial charge in [0, 0.05) is 23.0 Å². The van der Waals surface area contributed by atoms with E-state index >= 15 is 0 Å². The molecule has 146 valence electrons. The second kappa shape index (κ2) is 7.60. The first-order valence-electron chi connectivity index (χ1n) is 9.03. The van der Waals surface area contributed by atoms with Gasteiger partial charge >= 0.3 is 0 Å². The zero-order valence-corrected chi connectivity index (χ0v) is 16.8. The number of hydrogen-bond acceptors (Lipinski definition) is 5. The Morgan fingerprint density at radius 2 is 1.96 bits per heavy atom. The van der Waals surface area contributed by atoms with E-state index in [1.54, 1.807) is 17.0 Å². The number of rotatable bonds is 4. The van der Waals surface area contributed by atoms with E-state index in [1.807, 2.05) is 36.4 Å². The zero-order valence-electron chi connectivity index (χ0n) is 15.1. The van der Waals surface area contributed by atoms with Gasteiger partial charge in [0.25, 0.3) is 5.91 Å². The number of nitrogens with zero attached hydrogens (tertiary/aromatic N) is 1. The SMILES string of the molecule is O=C1CSc2ccc(C(=O)N(Cc3ccccc3)C3CCS(=O)(=O)C3)cc2N1. The fraction of sp³-hybridized carbons (Fsp3) is 0.300. The maximum absolute atomic E-state index is 13.3. The highest BCUT2D eigenvalue weighted by molar-refractivity contribution is 8.00. The lowest BCUT2D eigenvalue weighted by Crippen LogP contribution is -2.40. The number of nitrogens with one attached hydrogen (secondary N) is 1. The van der Waals surface area contributed by atoms with Crippen LogP contribution in [0.2, 0.25) is 0 Å². The normalized spacial score (nSPS) is 20.3. The molecule has 0 aromatic heterocycles. The highest BCUT2D eigenvalue weighted by atomic mass is 32.2. The van der Waals surface area contributed by atoms with E-state index < -0.39 is 9.84 Å². The Bertz CT molecular complexity index is 1020. The number of sulfone groups is 1. The van der Waals surface area contributed by atoms with E-state index in [0.717, 1.165) is 10.5 Å². The molecule has 8 heteroatoms. The van der Waals surface area contributed by atoms with E-state index in [9.17, 15) is 18.0 Å². The van der Waals surface area contributed by atoms with Gasteiger partial charge in [-0.05, 0) is 30.2 Å². The van der Waals surface area contributed by atoms with Crippen LogP contribution in [0.5, 0.6) is 0 Å². The molecule has 2 aromatic rings. The van der Waals surface area contributed by atoms with E-state index in [0.29, 0.717) is 30.0 Å². The summed E-state index contributed by atoms with van der Waals surface area (Å²) in [6.45, 7) is 0.345. The monoisotopic (exact) mass is 416 g/mol. The van der Waals surface area contributed by atoms with E-state index in [-0.39, 0.29) is 29.4 Å². The van der Waals surface area contributed by atoms with Gasteiger partial charge in [0.2, 0.25) is 5.91 Å². The van der Waals surface area contributed by atoms with Crippen LogP contribution in [-0.4, -0.2) is 48.4 Å². The lowest BCUT2D eigenvalue weighted by molar-refractivity contribution is -0.113. The number of benzene rings is 2. The van der Waals surface area contributed by atoms with Crippen LogP contribution in [0.15, 0.2) is 53.4 Å². The minimum Gasteiger partial charge on any atom is -0.330 e. The number of fused-ring (bicyclic) bond motifs is 1. The van der Waals surface area contributed by atoms with Crippen molar-refractivity contribution in [2.75, 3.05) is 22.6 Å². The molecule has 0 bridgehead atoms. The fourth-order valence-corrected chi connectivity index (χ4v) is 6.07. The van der Waals surface area contributed by atoms with Crippen LogP contribution in [0.3, 0.4) is 0 Å². The van der Waals surface area contributed by atoms with Crippen molar-refractivity contribution in [1.82, 2.24) is 4.90 Å². The molecule has 6 nitrogen and oxygen atoms in total. The summed E-state index contributed by atoms with van der Waals surface area (Å²) in [4.78, 5) is 27.6. The van der Waals surface area contributed by atoms with Crippen molar-refractivity contribution in [3.8, 4) is 0 Å². The molecule has 2 aliphatic rings. The average Bonchev–Trinajstić information content (AvgIpc) is 3.05. The summed E-state index contributed by atoms with van der Waals surface area (Å²) >= 11 is 1.44. The van der Waals surface area contributed by atoms with Crippen LogP contribution in [0, 0.1) is 0 Å². The lowest BCUT2D eigenvalue weighted by atomic mass is 10.1. The molecule has 0 aliphatic carbocycles. The van der Waals surface area contributed by atoms with Crippen LogP contribution >= 0.6 is 11.8 Å². The first-order valence-corrected chi connectivity index (χ1v) is 11.8. The topological polar surface area (TPSA) is 83.6 Å². The van der Waals surface area contributed by atoms with Crippen molar-refractivity contribution in [2.24, 2.45) is 0 Å². The van der Waals surface area contributed by atoms with Gasteiger partial charge < -0.3 is 10.2 Å². The molecule has 2 aromatic carbocycles. The van der Waals surface area contributed by atoms with Crippen LogP contribution in [-0.2, 0) is 21.2 Å². The van der Waals surface area contributed by atoms with Crippen LogP contribution in [0.25, 0.3) is 0 Å². The van der Waals surface area contributed by atoms with Gasteiger partial charge in [0.1, 0.15) is 0 Å². The molecule has 0 radical (unpaired) electrons. The highest BCUT2D eigenvalue weighted by Gasteiger charge is 2.35. The molecule has 4 rings (SSSR count). The summed E-state index contributed by atoms with van der Waals surface area (Å²) in [5, 5.41) is 2.80. The molecule has 2 heterocycles. The Balaban J connectivity index is 1.65. The van der Waals surface area contributed by atoms with Gasteiger partial charge in [0.05, 0.1) is 22.9 Å². The lowest BCUT2D eigenvalue weighted by Gasteiger charge is -2.29. The standard InChI is InChI=1S/C20H20N2O4S2/c23-19-12-27-18-7-6-15(10-17(18)21-19)20(24)22(11-14-4-2-1-3-5-14)16-8-9-28(25,26)13-16/h1-7,10,16H,8-9,11-13H2,(H,21,23). The van der Waals surface area contributed by atoms with Crippen molar-refractivity contribution in [3.63, 3.8) is 0 Å². The Morgan fingerprint density at radius 3 is 2.68 bits per heavy atom. The van der Waals surface area contributed by atoms with Crippen molar-refractivity contribution in [3.05, 3.63) is 59.7 Å². The molecule has 1 saturated heterocycles. The van der Waals surface area contributed by atoms with Gasteiger partial charge in [0.15, 0.2) is 9.84 Å². The zero-order chi connectivity index (χ0) is 19.7. The molecular formula is C20H20N2O4S2. The van der Waals surface area contributed by atoms with Crippen molar-refractivity contribution >= 4 is 39.1 Å². The third kappa shape index (κ3) is 4.07. The number of anilines is 1. The number of thioether (sulfide) groups is 1. The van der Waals surface area contributed by atoms with Gasteiger partial charge in [-0.25, -0.2) is 8.42 Å². The van der Waals surface area contributed by atoms with Crippen LogP contribution < -0.4 is 5.32 Å². The van der Waals surface area contributed by atoms with Crippen molar-refractivity contribution in [1.29, 1.82) is 0 Å². The molecule has 0 saturated carbocycles. The van der Waals surface area contributed by atoms with Gasteiger partial charge in [-0.2, -0.15) is 0 Å². The minimum atomic E-state index is -3.12. The Labute approximate surface area is 168 Å². The molecule has 1 fully saturated rings. The summed E-state index contributed by atoms with van der Waals surface area (Å²) in [6, 6.07) is 14.5. The Hall–Kier alpha value is -2.32. The molecule has 2 aliphatic heterocycles. The summed E-state index contributed by atoms with van der Waals surface area (Å²) < 4.78 is 24.0. The molecule has 28 heavy (non-hydrogen) atoms. The van der Waals surface area contributed by atoms with Crippen molar-refractivity contribution < 1.29 is 18.0 Å². The molecule has 1 unspecified atom stereocenters. The third-order valence-corrected chi connectivity index (χ3v) is 7.79. The number of carbonyl (C=O) groups is 2. The maximum atomic E-state index is 13.3. The predicted octanol–water partition coefficient (Wildman–Crippen LogP) is 2.56. The molecule has 0 spiro atoms. The quantitative estimate of drug-likeness (QED) is 0.828. The first-order chi connectivity index (χ1) is 13.4. The third-order valence-electron chi connectivity index (χ3n) is 4.97. The summed E-state index contributed by atoms with van der Waals surface area (Å²) in [5.74, 6) is 0.139. The molecular weight excluding hydrogens is 396 g/mol. The summed E-state index contributed by atoms with van der Waals surface area (Å²) in [6.07, 6.45) is 0.443. The van der Waals surface area contributed by atoms with Gasteiger partial charge in [-0.15, -0.1) is 11.8 Å². The minimum absolute atomic E-state index is 0.0108. The molecule has 2 amide bonds. The number of amides is 2. The predicted molar refractivity (Wildman–Crippen MR) is 109 cm³/mol. The van der Waals surface area contributed by atoms with Gasteiger partial charge in [-0.3, -0.25) is 9.59 Å². The largest absolute Gasteiger partial charge is 0.330 e. The van der Waals surface area contributed by atoms with E-state index in [1.165, 1.54) is 11.8 Å². The fourth-order valence-electron chi connectivity index (χ4n) is 3.55. The van der Waals surface area contributed by atoms with Crippen LogP contribution in [0.1, 0.15) is 22.3 Å². The highest BCUT2D eigenvalue weighted by Crippen LogP contribution is 2.33. The molecule has 1 N–H and O–H groups in total. The average molecular weight is 417 g/mol. The Morgan fingerprint density at radius 1 is 1.18 bits per heavy atom. The van der Waals surface area contributed by atoms with Crippen molar-refractivity contribution in [2.45, 2.75) is 23.9 Å². The summed E-state index contributed by atoms with van der Waals surface area (Å²) in [5.41, 5.74) is 2.02. The van der Waals surface area contributed by atoms with Gasteiger partial charge in [-0.1, -0.05) is 30.3 Å². The Kier molecular flexibility index (Phi) is 5.16. The first kappa shape index (κ1) is 19.0. The smallest absolute Gasteiger partial charge is 0.254 e. The molecule has 1 atom stereocenters. The second-order valence-electron chi connectivity index (χ2n) is 7.02. The maximum Gasteiger partial charge on any atom is 0.254 e. The number of carbonyl (C=O) groups excluding carboxylic acids is 2. The van der Waals surface area contributed by atoms with E-state index in [2.05, 4.69) is 5.32 Å². The second-order valence-corrected chi connectivity index (χ2v) is 10.3. The number of hydrogen-bond donors (Lipinski definition) is 1. The van der Waals surface area contributed by atoms with Crippen LogP contribution in [0.4, 0.5) is 5.69 Å².